The van der Waals surface area contributed by atoms with Crippen molar-refractivity contribution in [3.63, 3.8) is 0 Å². The summed E-state index contributed by atoms with van der Waals surface area (Å²) in [5.74, 6) is 0.661. The molecule has 1 aliphatic rings. The molecule has 4 nitrogen and oxygen atoms in total. The normalized spacial score (nSPS) is 14.6. The quantitative estimate of drug-likeness (QED) is 0.865. The summed E-state index contributed by atoms with van der Waals surface area (Å²) in [7, 11) is 1.62. The zero-order chi connectivity index (χ0) is 16.9. The third-order valence-electron chi connectivity index (χ3n) is 4.31. The van der Waals surface area contributed by atoms with Gasteiger partial charge < -0.3 is 14.5 Å². The van der Waals surface area contributed by atoms with Crippen LogP contribution < -0.4 is 9.64 Å². The topological polar surface area (TPSA) is 32.8 Å². The molecule has 0 spiro atoms. The second-order valence-electron chi connectivity index (χ2n) is 5.87. The van der Waals surface area contributed by atoms with E-state index in [-0.39, 0.29) is 11.7 Å². The first-order valence-corrected chi connectivity index (χ1v) is 8.07. The molecule has 1 heterocycles. The highest BCUT2D eigenvalue weighted by Crippen LogP contribution is 2.18. The highest BCUT2D eigenvalue weighted by Gasteiger charge is 2.21. The summed E-state index contributed by atoms with van der Waals surface area (Å²) in [6.07, 6.45) is 0.383. The van der Waals surface area contributed by atoms with E-state index in [0.717, 1.165) is 30.1 Å². The Morgan fingerprint density at radius 3 is 2.46 bits per heavy atom. The third-order valence-corrected chi connectivity index (χ3v) is 4.31. The molecular weight excluding hydrogens is 307 g/mol. The Kier molecular flexibility index (Phi) is 4.99. The second kappa shape index (κ2) is 7.34. The van der Waals surface area contributed by atoms with E-state index >= 15 is 0 Å². The molecular formula is C19H21FN2O2. The van der Waals surface area contributed by atoms with Crippen LogP contribution in [0.4, 0.5) is 10.1 Å². The Morgan fingerprint density at radius 2 is 1.79 bits per heavy atom. The molecule has 0 atom stereocenters. The molecule has 126 valence electrons. The molecule has 0 unspecified atom stereocenters. The Hall–Kier alpha value is -2.56. The van der Waals surface area contributed by atoms with Gasteiger partial charge in [-0.1, -0.05) is 12.1 Å². The second-order valence-corrected chi connectivity index (χ2v) is 5.87. The van der Waals surface area contributed by atoms with E-state index in [9.17, 15) is 9.18 Å². The molecule has 0 N–H and O–H groups in total. The van der Waals surface area contributed by atoms with Crippen LogP contribution in [0.3, 0.4) is 0 Å². The maximum atomic E-state index is 13.0. The Morgan fingerprint density at radius 1 is 1.08 bits per heavy atom. The number of amides is 1. The minimum absolute atomic E-state index is 0.127. The molecule has 5 heteroatoms. The van der Waals surface area contributed by atoms with Gasteiger partial charge in [0.15, 0.2) is 0 Å². The lowest BCUT2D eigenvalue weighted by Crippen LogP contribution is -2.49. The van der Waals surface area contributed by atoms with Crippen molar-refractivity contribution >= 4 is 11.6 Å². The number of hydrogen-bond acceptors (Lipinski definition) is 3. The SMILES string of the molecule is COc1cccc(CC(=O)N2CCN(c3ccc(F)cc3)CC2)c1. The number of hydrogen-bond donors (Lipinski definition) is 0. The van der Waals surface area contributed by atoms with E-state index in [1.54, 1.807) is 19.2 Å². The highest BCUT2D eigenvalue weighted by molar-refractivity contribution is 5.79. The number of carbonyl (C=O) groups excluding carboxylic acids is 1. The molecule has 0 aromatic heterocycles. The fourth-order valence-corrected chi connectivity index (χ4v) is 2.93. The maximum absolute atomic E-state index is 13.0. The highest BCUT2D eigenvalue weighted by atomic mass is 19.1. The lowest BCUT2D eigenvalue weighted by molar-refractivity contribution is -0.130. The van der Waals surface area contributed by atoms with Crippen LogP contribution in [0.2, 0.25) is 0 Å². The first-order valence-electron chi connectivity index (χ1n) is 8.07. The number of nitrogens with zero attached hydrogens (tertiary/aromatic N) is 2. The van der Waals surface area contributed by atoms with Crippen LogP contribution in [0.25, 0.3) is 0 Å². The summed E-state index contributed by atoms with van der Waals surface area (Å²) in [5.41, 5.74) is 1.96. The summed E-state index contributed by atoms with van der Waals surface area (Å²) in [6.45, 7) is 2.88. The van der Waals surface area contributed by atoms with Crippen LogP contribution in [0.1, 0.15) is 5.56 Å². The molecule has 3 rings (SSSR count). The van der Waals surface area contributed by atoms with Crippen LogP contribution in [0.5, 0.6) is 5.75 Å². The Labute approximate surface area is 141 Å². The van der Waals surface area contributed by atoms with Gasteiger partial charge in [-0.2, -0.15) is 0 Å². The summed E-state index contributed by atoms with van der Waals surface area (Å²) in [4.78, 5) is 16.5. The smallest absolute Gasteiger partial charge is 0.227 e. The van der Waals surface area contributed by atoms with Crippen LogP contribution in [0.15, 0.2) is 48.5 Å². The van der Waals surface area contributed by atoms with Gasteiger partial charge in [-0.25, -0.2) is 4.39 Å². The van der Waals surface area contributed by atoms with E-state index < -0.39 is 0 Å². The van der Waals surface area contributed by atoms with E-state index in [1.165, 1.54) is 12.1 Å². The molecule has 0 radical (unpaired) electrons. The number of benzene rings is 2. The number of halogens is 1. The number of anilines is 1. The minimum atomic E-state index is -0.231. The maximum Gasteiger partial charge on any atom is 0.227 e. The lowest BCUT2D eigenvalue weighted by Gasteiger charge is -2.36. The van der Waals surface area contributed by atoms with Gasteiger partial charge in [0.05, 0.1) is 13.5 Å². The van der Waals surface area contributed by atoms with Crippen molar-refractivity contribution in [2.45, 2.75) is 6.42 Å². The molecule has 1 amide bonds. The van der Waals surface area contributed by atoms with Crippen LogP contribution in [-0.2, 0) is 11.2 Å². The zero-order valence-electron chi connectivity index (χ0n) is 13.7. The number of methoxy groups -OCH3 is 1. The van der Waals surface area contributed by atoms with E-state index in [0.29, 0.717) is 19.5 Å². The third kappa shape index (κ3) is 3.85. The van der Waals surface area contributed by atoms with Crippen molar-refractivity contribution in [1.29, 1.82) is 0 Å². The van der Waals surface area contributed by atoms with Gasteiger partial charge in [-0.05, 0) is 42.0 Å². The molecule has 0 aliphatic carbocycles. The predicted molar refractivity (Wildman–Crippen MR) is 91.9 cm³/mol. The summed E-state index contributed by atoms with van der Waals surface area (Å²) < 4.78 is 18.2. The summed E-state index contributed by atoms with van der Waals surface area (Å²) in [6, 6.07) is 14.1. The molecule has 1 saturated heterocycles. The van der Waals surface area contributed by atoms with Crippen molar-refractivity contribution in [3.8, 4) is 5.75 Å². The predicted octanol–water partition coefficient (Wildman–Crippen LogP) is 2.73. The van der Waals surface area contributed by atoms with E-state index in [2.05, 4.69) is 4.90 Å². The van der Waals surface area contributed by atoms with E-state index in [1.807, 2.05) is 29.2 Å². The molecule has 24 heavy (non-hydrogen) atoms. The number of piperazine rings is 1. The Balaban J connectivity index is 1.55. The molecule has 2 aromatic carbocycles. The molecule has 2 aromatic rings. The minimum Gasteiger partial charge on any atom is -0.497 e. The van der Waals surface area contributed by atoms with Gasteiger partial charge in [-0.3, -0.25) is 4.79 Å². The van der Waals surface area contributed by atoms with Crippen LogP contribution >= 0.6 is 0 Å². The van der Waals surface area contributed by atoms with Gasteiger partial charge in [0, 0.05) is 31.9 Å². The van der Waals surface area contributed by atoms with Gasteiger partial charge in [0.1, 0.15) is 11.6 Å². The van der Waals surface area contributed by atoms with Gasteiger partial charge in [-0.15, -0.1) is 0 Å². The fraction of sp³-hybridized carbons (Fsp3) is 0.316. The molecule has 0 saturated carbocycles. The number of rotatable bonds is 4. The summed E-state index contributed by atoms with van der Waals surface area (Å²) in [5, 5.41) is 0. The Bertz CT molecular complexity index is 695. The van der Waals surface area contributed by atoms with Crippen molar-refractivity contribution < 1.29 is 13.9 Å². The fourth-order valence-electron chi connectivity index (χ4n) is 2.93. The standard InChI is InChI=1S/C19H21FN2O2/c1-24-18-4-2-3-15(13-18)14-19(23)22-11-9-21(10-12-22)17-7-5-16(20)6-8-17/h2-8,13H,9-12,14H2,1H3. The molecule has 0 bridgehead atoms. The summed E-state index contributed by atoms with van der Waals surface area (Å²) >= 11 is 0. The average molecular weight is 328 g/mol. The molecule has 1 fully saturated rings. The lowest BCUT2D eigenvalue weighted by atomic mass is 10.1. The number of carbonyl (C=O) groups is 1. The first kappa shape index (κ1) is 16.3. The van der Waals surface area contributed by atoms with Crippen molar-refractivity contribution in [3.05, 3.63) is 59.9 Å². The van der Waals surface area contributed by atoms with Crippen molar-refractivity contribution in [2.75, 3.05) is 38.2 Å². The van der Waals surface area contributed by atoms with Gasteiger partial charge >= 0.3 is 0 Å². The first-order chi connectivity index (χ1) is 11.7. The van der Waals surface area contributed by atoms with Crippen LogP contribution in [0, 0.1) is 5.82 Å². The van der Waals surface area contributed by atoms with Crippen LogP contribution in [-0.4, -0.2) is 44.1 Å². The largest absolute Gasteiger partial charge is 0.497 e. The van der Waals surface area contributed by atoms with Gasteiger partial charge in [0.2, 0.25) is 5.91 Å². The number of ether oxygens (including phenoxy) is 1. The van der Waals surface area contributed by atoms with Gasteiger partial charge in [0.25, 0.3) is 0 Å². The monoisotopic (exact) mass is 328 g/mol. The molecule has 1 aliphatic heterocycles. The van der Waals surface area contributed by atoms with Crippen molar-refractivity contribution in [2.24, 2.45) is 0 Å². The zero-order valence-corrected chi connectivity index (χ0v) is 13.7. The van der Waals surface area contributed by atoms with E-state index in [4.69, 9.17) is 4.74 Å². The van der Waals surface area contributed by atoms with Crippen molar-refractivity contribution in [1.82, 2.24) is 4.90 Å². The average Bonchev–Trinajstić information content (AvgIpc) is 2.62.